The summed E-state index contributed by atoms with van der Waals surface area (Å²) in [5.74, 6) is -1.53. The second kappa shape index (κ2) is 21.9. The average Bonchev–Trinajstić information content (AvgIpc) is 3.85. The number of hydrogen-bond donors (Lipinski definition) is 2. The van der Waals surface area contributed by atoms with Gasteiger partial charge in [-0.05, 0) is 63.7 Å². The number of likely N-dealkylation sites (tertiary alicyclic amines) is 1. The predicted molar refractivity (Wildman–Crippen MR) is 218 cm³/mol. The molecule has 0 bridgehead atoms. The second-order valence-corrected chi connectivity index (χ2v) is 17.0. The predicted octanol–water partition coefficient (Wildman–Crippen LogP) is 5.19. The zero-order chi connectivity index (χ0) is 41.0. The average molecular weight is 785 g/mol. The number of rotatable bonds is 21. The van der Waals surface area contributed by atoms with Crippen molar-refractivity contribution in [3.8, 4) is 0 Å². The van der Waals surface area contributed by atoms with E-state index >= 15 is 0 Å². The molecule has 12 nitrogen and oxygen atoms in total. The first-order valence-electron chi connectivity index (χ1n) is 19.9. The summed E-state index contributed by atoms with van der Waals surface area (Å²) in [5, 5.41) is 8.69. The van der Waals surface area contributed by atoms with Crippen molar-refractivity contribution < 1.29 is 28.7 Å². The van der Waals surface area contributed by atoms with Crippen LogP contribution < -0.4 is 10.6 Å². The van der Waals surface area contributed by atoms with E-state index < -0.39 is 30.2 Å². The number of aromatic nitrogens is 1. The van der Waals surface area contributed by atoms with E-state index in [1.54, 1.807) is 20.4 Å². The number of nitrogens with zero attached hydrogens (tertiary/aromatic N) is 4. The van der Waals surface area contributed by atoms with Crippen molar-refractivity contribution in [3.63, 3.8) is 0 Å². The molecule has 1 aliphatic rings. The first-order chi connectivity index (χ1) is 26.1. The molecule has 0 unspecified atom stereocenters. The Morgan fingerprint density at radius 1 is 0.927 bits per heavy atom. The van der Waals surface area contributed by atoms with Crippen molar-refractivity contribution in [1.29, 1.82) is 0 Å². The molecule has 2 N–H and O–H groups in total. The summed E-state index contributed by atoms with van der Waals surface area (Å²) in [6, 6.07) is 8.03. The van der Waals surface area contributed by atoms with E-state index in [2.05, 4.69) is 29.5 Å². The van der Waals surface area contributed by atoms with Gasteiger partial charge >= 0.3 is 0 Å². The lowest BCUT2D eigenvalue weighted by Crippen LogP contribution is -2.60. The molecule has 13 heteroatoms. The molecular formula is C42H68N6O6S. The molecule has 4 amide bonds. The Balaban J connectivity index is 1.80. The lowest BCUT2D eigenvalue weighted by atomic mass is 9.87. The number of imide groups is 1. The Labute approximate surface area is 334 Å². The summed E-state index contributed by atoms with van der Waals surface area (Å²) in [5.41, 5.74) is 1.10. The van der Waals surface area contributed by atoms with E-state index in [-0.39, 0.29) is 65.9 Å². The third-order valence-electron chi connectivity index (χ3n) is 11.3. The molecule has 0 saturated carbocycles. The molecule has 1 fully saturated rings. The van der Waals surface area contributed by atoms with Gasteiger partial charge in [0.15, 0.2) is 0 Å². The summed E-state index contributed by atoms with van der Waals surface area (Å²) >= 11 is 1.51. The molecule has 1 saturated heterocycles. The van der Waals surface area contributed by atoms with Crippen LogP contribution in [0, 0.1) is 23.7 Å². The molecule has 55 heavy (non-hydrogen) atoms. The van der Waals surface area contributed by atoms with Crippen molar-refractivity contribution in [2.24, 2.45) is 23.7 Å². The zero-order valence-electron chi connectivity index (χ0n) is 35.3. The standard InChI is InChI=1S/C42H68N6O6S/c1-13-28(6)37(47(10)36(27(4)5)41(52)45-40(51)35(26(2)3)46(8)9)33(53-11)25-34(49)48-22-17-20-32(48)38(54-12)29(7)39(50)44-31(42-43-21-23-55-42)24-30-18-15-14-16-19-30/h14-16,18-19,21,23,26-29,31-33,35-38H,13,17,20,22,24-25H2,1-12H3,(H,44,50)(H,45,51,52)/t28-,29+,31-,32-,33+,35-,36-,37-,38+/m0/s1. The van der Waals surface area contributed by atoms with Crippen molar-refractivity contribution in [2.75, 3.05) is 41.9 Å². The van der Waals surface area contributed by atoms with Gasteiger partial charge in [-0.3, -0.25) is 34.3 Å². The van der Waals surface area contributed by atoms with Crippen LogP contribution in [0.15, 0.2) is 41.9 Å². The Morgan fingerprint density at radius 3 is 2.09 bits per heavy atom. The smallest absolute Gasteiger partial charge is 0.244 e. The molecule has 3 rings (SSSR count). The van der Waals surface area contributed by atoms with Gasteiger partial charge in [0.1, 0.15) is 5.01 Å². The van der Waals surface area contributed by atoms with Gasteiger partial charge in [0.25, 0.3) is 0 Å². The summed E-state index contributed by atoms with van der Waals surface area (Å²) in [6.07, 6.45) is 3.67. The quantitative estimate of drug-likeness (QED) is 0.176. The minimum Gasteiger partial charge on any atom is -0.379 e. The van der Waals surface area contributed by atoms with Crippen LogP contribution in [0.1, 0.15) is 90.8 Å². The van der Waals surface area contributed by atoms with Gasteiger partial charge in [-0.25, -0.2) is 4.98 Å². The normalized spacial score (nSPS) is 19.2. The molecule has 1 aliphatic heterocycles. The van der Waals surface area contributed by atoms with Crippen LogP contribution in [0.25, 0.3) is 0 Å². The highest BCUT2D eigenvalue weighted by atomic mass is 32.1. The monoisotopic (exact) mass is 784 g/mol. The summed E-state index contributed by atoms with van der Waals surface area (Å²) in [7, 11) is 8.78. The molecule has 1 aromatic carbocycles. The molecule has 308 valence electrons. The molecule has 9 atom stereocenters. The van der Waals surface area contributed by atoms with Crippen molar-refractivity contribution in [2.45, 2.75) is 123 Å². The summed E-state index contributed by atoms with van der Waals surface area (Å²) in [4.78, 5) is 65.6. The fraction of sp³-hybridized carbons (Fsp3) is 0.690. The van der Waals surface area contributed by atoms with E-state index in [1.807, 2.05) is 106 Å². The van der Waals surface area contributed by atoms with Crippen LogP contribution in [-0.2, 0) is 35.1 Å². The van der Waals surface area contributed by atoms with Gasteiger partial charge in [0.05, 0.1) is 48.7 Å². The minimum atomic E-state index is -0.641. The number of benzene rings is 1. The molecule has 0 aliphatic carbocycles. The lowest BCUT2D eigenvalue weighted by molar-refractivity contribution is -0.144. The maximum atomic E-state index is 14.3. The van der Waals surface area contributed by atoms with E-state index in [1.165, 1.54) is 11.3 Å². The van der Waals surface area contributed by atoms with Gasteiger partial charge in [0.2, 0.25) is 23.6 Å². The van der Waals surface area contributed by atoms with Gasteiger partial charge in [-0.1, -0.05) is 85.2 Å². The molecular weight excluding hydrogens is 717 g/mol. The second-order valence-electron chi connectivity index (χ2n) is 16.1. The third-order valence-corrected chi connectivity index (χ3v) is 12.2. The molecule has 1 aromatic heterocycles. The highest BCUT2D eigenvalue weighted by molar-refractivity contribution is 7.09. The maximum absolute atomic E-state index is 14.3. The van der Waals surface area contributed by atoms with Crippen LogP contribution in [0.4, 0.5) is 0 Å². The largest absolute Gasteiger partial charge is 0.379 e. The number of amides is 4. The van der Waals surface area contributed by atoms with E-state index in [0.717, 1.165) is 23.4 Å². The van der Waals surface area contributed by atoms with E-state index in [0.29, 0.717) is 19.4 Å². The van der Waals surface area contributed by atoms with Gasteiger partial charge in [-0.2, -0.15) is 0 Å². The number of carbonyl (C=O) groups excluding carboxylic acids is 4. The Hall–Kier alpha value is -3.23. The first kappa shape index (κ1) is 46.2. The Morgan fingerprint density at radius 2 is 1.56 bits per heavy atom. The number of methoxy groups -OCH3 is 2. The van der Waals surface area contributed by atoms with Crippen LogP contribution in [-0.4, -0.2) is 122 Å². The maximum Gasteiger partial charge on any atom is 0.244 e. The molecule has 2 aromatic rings. The third kappa shape index (κ3) is 12.1. The molecule has 0 radical (unpaired) electrons. The molecule has 0 spiro atoms. The van der Waals surface area contributed by atoms with Gasteiger partial charge < -0.3 is 19.7 Å². The number of nitrogens with one attached hydrogen (secondary N) is 2. The number of hydrogen-bond acceptors (Lipinski definition) is 10. The van der Waals surface area contributed by atoms with Crippen molar-refractivity contribution >= 4 is 35.0 Å². The first-order valence-corrected chi connectivity index (χ1v) is 20.8. The lowest BCUT2D eigenvalue weighted by Gasteiger charge is -2.43. The van der Waals surface area contributed by atoms with Crippen LogP contribution in [0.5, 0.6) is 0 Å². The Kier molecular flexibility index (Phi) is 18.4. The van der Waals surface area contributed by atoms with Crippen LogP contribution >= 0.6 is 11.3 Å². The van der Waals surface area contributed by atoms with Gasteiger partial charge in [-0.15, -0.1) is 11.3 Å². The molecule has 2 heterocycles. The fourth-order valence-corrected chi connectivity index (χ4v) is 9.19. The van der Waals surface area contributed by atoms with Gasteiger partial charge in [0, 0.05) is 38.4 Å². The van der Waals surface area contributed by atoms with Crippen molar-refractivity contribution in [1.82, 2.24) is 30.3 Å². The number of likely N-dealkylation sites (N-methyl/N-ethyl adjacent to an activating group) is 2. The highest BCUT2D eigenvalue weighted by Crippen LogP contribution is 2.31. The summed E-state index contributed by atoms with van der Waals surface area (Å²) in [6.45, 7) is 14.5. The van der Waals surface area contributed by atoms with E-state index in [4.69, 9.17) is 9.47 Å². The zero-order valence-corrected chi connectivity index (χ0v) is 36.1. The van der Waals surface area contributed by atoms with E-state index in [9.17, 15) is 19.2 Å². The van der Waals surface area contributed by atoms with Crippen molar-refractivity contribution in [3.05, 3.63) is 52.5 Å². The number of ether oxygens (including phenoxy) is 2. The SMILES string of the molecule is CC[C@H](C)[C@@H]([C@@H](CC(=O)N1CCC[C@H]1[C@H](OC)[C@@H](C)C(=O)N[C@@H](Cc1ccccc1)c1nccs1)OC)N(C)[C@H](C(=O)NC(=O)[C@H](C(C)C)N(C)C)C(C)C. The summed E-state index contributed by atoms with van der Waals surface area (Å²) < 4.78 is 12.2. The fourth-order valence-electron chi connectivity index (χ4n) is 8.50. The van der Waals surface area contributed by atoms with Crippen LogP contribution in [0.2, 0.25) is 0 Å². The number of thiazole rings is 1. The highest BCUT2D eigenvalue weighted by Gasteiger charge is 2.43. The number of carbonyl (C=O) groups is 4. The minimum absolute atomic E-state index is 0.0133. The Bertz CT molecular complexity index is 1480. The van der Waals surface area contributed by atoms with Crippen LogP contribution in [0.3, 0.4) is 0 Å². The topological polar surface area (TPSA) is 133 Å².